The van der Waals surface area contributed by atoms with Crippen LogP contribution in [0, 0.1) is 5.92 Å². The summed E-state index contributed by atoms with van der Waals surface area (Å²) in [6.07, 6.45) is 6.38. The first-order valence-corrected chi connectivity index (χ1v) is 5.95. The number of aromatic nitrogens is 1. The minimum Gasteiger partial charge on any atom is -0.327 e. The molecule has 0 bridgehead atoms. The zero-order valence-corrected chi connectivity index (χ0v) is 9.43. The Labute approximate surface area is 96.1 Å². The van der Waals surface area contributed by atoms with Crippen LogP contribution in [0.15, 0.2) is 24.4 Å². The molecule has 2 N–H and O–H groups in total. The molecule has 0 aromatic carbocycles. The van der Waals surface area contributed by atoms with E-state index in [9.17, 15) is 4.79 Å². The van der Waals surface area contributed by atoms with Crippen LogP contribution in [0.4, 0.5) is 0 Å². The molecule has 1 heterocycles. The third-order valence-electron chi connectivity index (χ3n) is 3.31. The standard InChI is InChI=1S/C13H18N2O/c14-12-7-2-1-6-11(12)13(16)9-10-5-3-4-8-15-10/h3-5,8,11-12H,1-2,6-7,9,14H2. The number of carbonyl (C=O) groups excluding carboxylic acids is 1. The Morgan fingerprint density at radius 3 is 2.88 bits per heavy atom. The summed E-state index contributed by atoms with van der Waals surface area (Å²) in [4.78, 5) is 16.2. The second-order valence-electron chi connectivity index (χ2n) is 4.52. The van der Waals surface area contributed by atoms with Crippen molar-refractivity contribution in [3.05, 3.63) is 30.1 Å². The van der Waals surface area contributed by atoms with Gasteiger partial charge in [0.25, 0.3) is 0 Å². The van der Waals surface area contributed by atoms with Crippen LogP contribution in [0.1, 0.15) is 31.4 Å². The normalized spacial score (nSPS) is 25.3. The largest absolute Gasteiger partial charge is 0.327 e. The van der Waals surface area contributed by atoms with E-state index in [1.54, 1.807) is 6.20 Å². The third-order valence-corrected chi connectivity index (χ3v) is 3.31. The van der Waals surface area contributed by atoms with E-state index in [1.807, 2.05) is 18.2 Å². The summed E-state index contributed by atoms with van der Waals surface area (Å²) in [5, 5.41) is 0. The average Bonchev–Trinajstić information content (AvgIpc) is 2.31. The third kappa shape index (κ3) is 2.67. The van der Waals surface area contributed by atoms with E-state index < -0.39 is 0 Å². The Morgan fingerprint density at radius 1 is 1.38 bits per heavy atom. The Morgan fingerprint density at radius 2 is 2.19 bits per heavy atom. The van der Waals surface area contributed by atoms with Gasteiger partial charge in [0.15, 0.2) is 0 Å². The Kier molecular flexibility index (Phi) is 3.67. The molecule has 1 aromatic rings. The molecule has 1 fully saturated rings. The van der Waals surface area contributed by atoms with Crippen LogP contribution in [-0.2, 0) is 11.2 Å². The quantitative estimate of drug-likeness (QED) is 0.840. The monoisotopic (exact) mass is 218 g/mol. The molecule has 1 saturated carbocycles. The predicted octanol–water partition coefficient (Wildman–Crippen LogP) is 1.71. The Bertz CT molecular complexity index is 350. The van der Waals surface area contributed by atoms with Crippen LogP contribution in [0.5, 0.6) is 0 Å². The van der Waals surface area contributed by atoms with E-state index in [4.69, 9.17) is 5.73 Å². The summed E-state index contributed by atoms with van der Waals surface area (Å²) in [6, 6.07) is 5.73. The average molecular weight is 218 g/mol. The smallest absolute Gasteiger partial charge is 0.143 e. The number of ketones is 1. The van der Waals surface area contributed by atoms with Gasteiger partial charge in [0, 0.05) is 30.3 Å². The summed E-state index contributed by atoms with van der Waals surface area (Å²) in [7, 11) is 0. The fourth-order valence-corrected chi connectivity index (χ4v) is 2.37. The summed E-state index contributed by atoms with van der Waals surface area (Å²) in [5.74, 6) is 0.307. The highest BCUT2D eigenvalue weighted by Gasteiger charge is 2.27. The van der Waals surface area contributed by atoms with Gasteiger partial charge in [-0.15, -0.1) is 0 Å². The molecule has 2 unspecified atom stereocenters. The SMILES string of the molecule is NC1CCCCC1C(=O)Cc1ccccn1. The van der Waals surface area contributed by atoms with Crippen LogP contribution in [0.3, 0.4) is 0 Å². The summed E-state index contributed by atoms with van der Waals surface area (Å²) < 4.78 is 0. The van der Waals surface area contributed by atoms with Crippen molar-refractivity contribution in [2.75, 3.05) is 0 Å². The van der Waals surface area contributed by atoms with Crippen LogP contribution in [-0.4, -0.2) is 16.8 Å². The number of Topliss-reactive ketones (excluding diaryl/α,β-unsaturated/α-hetero) is 1. The fraction of sp³-hybridized carbons (Fsp3) is 0.538. The first-order valence-electron chi connectivity index (χ1n) is 5.95. The maximum Gasteiger partial charge on any atom is 0.143 e. The van der Waals surface area contributed by atoms with Crippen molar-refractivity contribution in [2.45, 2.75) is 38.1 Å². The van der Waals surface area contributed by atoms with Gasteiger partial charge in [0.2, 0.25) is 0 Å². The zero-order chi connectivity index (χ0) is 11.4. The molecule has 16 heavy (non-hydrogen) atoms. The number of pyridine rings is 1. The van der Waals surface area contributed by atoms with Gasteiger partial charge in [-0.05, 0) is 25.0 Å². The van der Waals surface area contributed by atoms with E-state index in [1.165, 1.54) is 0 Å². The summed E-state index contributed by atoms with van der Waals surface area (Å²) in [5.41, 5.74) is 6.84. The first-order chi connectivity index (χ1) is 7.77. The van der Waals surface area contributed by atoms with E-state index in [0.29, 0.717) is 6.42 Å². The molecule has 1 aromatic heterocycles. The van der Waals surface area contributed by atoms with Crippen molar-refractivity contribution in [3.63, 3.8) is 0 Å². The Balaban J connectivity index is 1.97. The van der Waals surface area contributed by atoms with Crippen molar-refractivity contribution in [2.24, 2.45) is 11.7 Å². The maximum absolute atomic E-state index is 12.1. The number of rotatable bonds is 3. The maximum atomic E-state index is 12.1. The van der Waals surface area contributed by atoms with Gasteiger partial charge in [-0.25, -0.2) is 0 Å². The van der Waals surface area contributed by atoms with Crippen LogP contribution >= 0.6 is 0 Å². The topological polar surface area (TPSA) is 56.0 Å². The summed E-state index contributed by atoms with van der Waals surface area (Å²) >= 11 is 0. The second kappa shape index (κ2) is 5.21. The molecule has 0 aliphatic heterocycles. The van der Waals surface area contributed by atoms with Crippen molar-refractivity contribution in [1.82, 2.24) is 4.98 Å². The van der Waals surface area contributed by atoms with E-state index in [2.05, 4.69) is 4.98 Å². The van der Waals surface area contributed by atoms with E-state index >= 15 is 0 Å². The van der Waals surface area contributed by atoms with Crippen LogP contribution < -0.4 is 5.73 Å². The zero-order valence-electron chi connectivity index (χ0n) is 9.43. The van der Waals surface area contributed by atoms with Crippen molar-refractivity contribution < 1.29 is 4.79 Å². The highest BCUT2D eigenvalue weighted by atomic mass is 16.1. The van der Waals surface area contributed by atoms with Gasteiger partial charge >= 0.3 is 0 Å². The predicted molar refractivity (Wildman–Crippen MR) is 62.9 cm³/mol. The van der Waals surface area contributed by atoms with Gasteiger partial charge in [0.05, 0.1) is 0 Å². The molecule has 1 aliphatic rings. The number of nitrogens with zero attached hydrogens (tertiary/aromatic N) is 1. The van der Waals surface area contributed by atoms with Crippen molar-refractivity contribution >= 4 is 5.78 Å². The molecule has 3 heteroatoms. The lowest BCUT2D eigenvalue weighted by molar-refractivity contribution is -0.123. The number of hydrogen-bond acceptors (Lipinski definition) is 3. The van der Waals surface area contributed by atoms with Crippen molar-refractivity contribution in [1.29, 1.82) is 0 Å². The molecule has 1 aliphatic carbocycles. The Hall–Kier alpha value is -1.22. The van der Waals surface area contributed by atoms with Gasteiger partial charge in [-0.3, -0.25) is 9.78 Å². The molecule has 0 spiro atoms. The molecule has 0 radical (unpaired) electrons. The molecule has 0 amide bonds. The molecule has 3 nitrogen and oxygen atoms in total. The van der Waals surface area contributed by atoms with E-state index in [-0.39, 0.29) is 17.7 Å². The van der Waals surface area contributed by atoms with Crippen molar-refractivity contribution in [3.8, 4) is 0 Å². The lowest BCUT2D eigenvalue weighted by Gasteiger charge is -2.27. The van der Waals surface area contributed by atoms with Gasteiger partial charge in [-0.2, -0.15) is 0 Å². The molecular weight excluding hydrogens is 200 g/mol. The highest BCUT2D eigenvalue weighted by Crippen LogP contribution is 2.24. The minimum atomic E-state index is 0.0516. The number of hydrogen-bond donors (Lipinski definition) is 1. The molecule has 86 valence electrons. The fourth-order valence-electron chi connectivity index (χ4n) is 2.37. The molecule has 0 saturated heterocycles. The summed E-state index contributed by atoms with van der Waals surface area (Å²) in [6.45, 7) is 0. The lowest BCUT2D eigenvalue weighted by atomic mass is 9.81. The molecule has 2 rings (SSSR count). The van der Waals surface area contributed by atoms with Gasteiger partial charge < -0.3 is 5.73 Å². The lowest BCUT2D eigenvalue weighted by Crippen LogP contribution is -2.38. The van der Waals surface area contributed by atoms with Gasteiger partial charge in [0.1, 0.15) is 5.78 Å². The number of nitrogens with two attached hydrogens (primary N) is 1. The molecular formula is C13H18N2O. The number of carbonyl (C=O) groups is 1. The van der Waals surface area contributed by atoms with Crippen LogP contribution in [0.25, 0.3) is 0 Å². The molecule has 2 atom stereocenters. The van der Waals surface area contributed by atoms with Crippen LogP contribution in [0.2, 0.25) is 0 Å². The van der Waals surface area contributed by atoms with E-state index in [0.717, 1.165) is 31.4 Å². The minimum absolute atomic E-state index is 0.0516. The second-order valence-corrected chi connectivity index (χ2v) is 4.52. The highest BCUT2D eigenvalue weighted by molar-refractivity contribution is 5.83. The van der Waals surface area contributed by atoms with Gasteiger partial charge in [-0.1, -0.05) is 18.9 Å². The first kappa shape index (κ1) is 11.3.